The van der Waals surface area contributed by atoms with Crippen LogP contribution in [-0.2, 0) is 12.8 Å². The van der Waals surface area contributed by atoms with Crippen LogP contribution in [0, 0.1) is 0 Å². The second-order valence-electron chi connectivity index (χ2n) is 4.32. The van der Waals surface area contributed by atoms with Gasteiger partial charge in [-0.2, -0.15) is 0 Å². The van der Waals surface area contributed by atoms with Crippen LogP contribution in [0.5, 0.6) is 17.2 Å². The van der Waals surface area contributed by atoms with Crippen molar-refractivity contribution < 1.29 is 14.6 Å². The van der Waals surface area contributed by atoms with Gasteiger partial charge in [-0.1, -0.05) is 24.3 Å². The molecule has 0 aliphatic carbocycles. The Bertz CT molecular complexity index is 563. The molecular formula is C15H14O3. The number of ether oxygens (including phenoxy) is 2. The lowest BCUT2D eigenvalue weighted by Gasteiger charge is -2.05. The summed E-state index contributed by atoms with van der Waals surface area (Å²) in [5.74, 6) is 1.98. The summed E-state index contributed by atoms with van der Waals surface area (Å²) < 4.78 is 10.6. The van der Waals surface area contributed by atoms with Crippen molar-refractivity contribution in [1.29, 1.82) is 0 Å². The van der Waals surface area contributed by atoms with Crippen LogP contribution >= 0.6 is 0 Å². The third-order valence-corrected chi connectivity index (χ3v) is 3.11. The van der Waals surface area contributed by atoms with E-state index in [1.807, 2.05) is 36.4 Å². The number of rotatable bonds is 3. The van der Waals surface area contributed by atoms with Crippen LogP contribution in [0.2, 0.25) is 0 Å². The molecule has 0 fully saturated rings. The normalized spacial score (nSPS) is 12.7. The molecule has 3 heteroatoms. The Morgan fingerprint density at radius 1 is 0.944 bits per heavy atom. The van der Waals surface area contributed by atoms with Gasteiger partial charge in [-0.3, -0.25) is 0 Å². The Kier molecular flexibility index (Phi) is 2.81. The van der Waals surface area contributed by atoms with Gasteiger partial charge in [0.2, 0.25) is 6.79 Å². The lowest BCUT2D eigenvalue weighted by molar-refractivity contribution is 0.174. The highest BCUT2D eigenvalue weighted by atomic mass is 16.7. The fourth-order valence-corrected chi connectivity index (χ4v) is 2.10. The number of aromatic hydroxyl groups is 1. The highest BCUT2D eigenvalue weighted by Crippen LogP contribution is 2.33. The number of phenolic OH excluding ortho intramolecular Hbond substituents is 1. The van der Waals surface area contributed by atoms with Crippen LogP contribution < -0.4 is 9.47 Å². The van der Waals surface area contributed by atoms with Crippen LogP contribution in [-0.4, -0.2) is 11.9 Å². The van der Waals surface area contributed by atoms with E-state index < -0.39 is 0 Å². The van der Waals surface area contributed by atoms with Gasteiger partial charge in [-0.15, -0.1) is 0 Å². The Morgan fingerprint density at radius 2 is 1.78 bits per heavy atom. The molecule has 3 nitrogen and oxygen atoms in total. The summed E-state index contributed by atoms with van der Waals surface area (Å²) in [6.45, 7) is 0.304. The number of benzene rings is 2. The molecule has 1 N–H and O–H groups in total. The number of fused-ring (bicyclic) bond motifs is 1. The van der Waals surface area contributed by atoms with Crippen molar-refractivity contribution in [3.8, 4) is 17.2 Å². The minimum Gasteiger partial charge on any atom is -0.508 e. The van der Waals surface area contributed by atoms with Gasteiger partial charge >= 0.3 is 0 Å². The molecule has 0 saturated carbocycles. The molecule has 2 aromatic rings. The van der Waals surface area contributed by atoms with Crippen LogP contribution in [0.25, 0.3) is 0 Å². The molecular weight excluding hydrogens is 228 g/mol. The molecule has 0 unspecified atom stereocenters. The first-order valence-electron chi connectivity index (χ1n) is 5.98. The molecule has 1 aliphatic heterocycles. The van der Waals surface area contributed by atoms with Crippen LogP contribution in [0.4, 0.5) is 0 Å². The van der Waals surface area contributed by atoms with E-state index in [2.05, 4.69) is 0 Å². The van der Waals surface area contributed by atoms with E-state index in [0.29, 0.717) is 12.5 Å². The molecule has 1 heterocycles. The van der Waals surface area contributed by atoms with Gasteiger partial charge in [0.25, 0.3) is 0 Å². The van der Waals surface area contributed by atoms with Gasteiger partial charge in [0.05, 0.1) is 0 Å². The largest absolute Gasteiger partial charge is 0.508 e. The lowest BCUT2D eigenvalue weighted by atomic mass is 10.0. The topological polar surface area (TPSA) is 38.7 Å². The highest BCUT2D eigenvalue weighted by Gasteiger charge is 2.13. The third kappa shape index (κ3) is 2.12. The van der Waals surface area contributed by atoms with Gasteiger partial charge in [0, 0.05) is 0 Å². The fraction of sp³-hybridized carbons (Fsp3) is 0.200. The van der Waals surface area contributed by atoms with E-state index in [4.69, 9.17) is 9.47 Å². The average molecular weight is 242 g/mol. The summed E-state index contributed by atoms with van der Waals surface area (Å²) >= 11 is 0. The van der Waals surface area contributed by atoms with Gasteiger partial charge in [0.15, 0.2) is 11.5 Å². The smallest absolute Gasteiger partial charge is 0.231 e. The molecule has 1 aliphatic rings. The van der Waals surface area contributed by atoms with E-state index in [9.17, 15) is 5.11 Å². The van der Waals surface area contributed by atoms with E-state index in [1.54, 1.807) is 6.07 Å². The van der Waals surface area contributed by atoms with Crippen molar-refractivity contribution in [3.63, 3.8) is 0 Å². The summed E-state index contributed by atoms with van der Waals surface area (Å²) in [6.07, 6.45) is 1.68. The van der Waals surface area contributed by atoms with Gasteiger partial charge in [0.1, 0.15) is 5.75 Å². The van der Waals surface area contributed by atoms with Crippen molar-refractivity contribution in [2.75, 3.05) is 6.79 Å². The molecule has 18 heavy (non-hydrogen) atoms. The summed E-state index contributed by atoms with van der Waals surface area (Å²) in [5, 5.41) is 9.70. The highest BCUT2D eigenvalue weighted by molar-refractivity contribution is 5.44. The van der Waals surface area contributed by atoms with E-state index in [0.717, 1.165) is 29.9 Å². The summed E-state index contributed by atoms with van der Waals surface area (Å²) in [5.41, 5.74) is 2.15. The summed E-state index contributed by atoms with van der Waals surface area (Å²) in [6, 6.07) is 13.4. The average Bonchev–Trinajstić information content (AvgIpc) is 2.85. The summed E-state index contributed by atoms with van der Waals surface area (Å²) in [7, 11) is 0. The second-order valence-corrected chi connectivity index (χ2v) is 4.32. The molecule has 2 aromatic carbocycles. The Labute approximate surface area is 106 Å². The van der Waals surface area contributed by atoms with Gasteiger partial charge in [-0.05, 0) is 42.2 Å². The van der Waals surface area contributed by atoms with E-state index >= 15 is 0 Å². The minimum absolute atomic E-state index is 0.304. The van der Waals surface area contributed by atoms with E-state index in [1.165, 1.54) is 5.56 Å². The maximum atomic E-state index is 9.70. The van der Waals surface area contributed by atoms with Crippen molar-refractivity contribution in [1.82, 2.24) is 0 Å². The molecule has 0 spiro atoms. The molecule has 0 aromatic heterocycles. The van der Waals surface area contributed by atoms with Gasteiger partial charge in [-0.25, -0.2) is 0 Å². The quantitative estimate of drug-likeness (QED) is 0.899. The second kappa shape index (κ2) is 4.61. The summed E-state index contributed by atoms with van der Waals surface area (Å²) in [4.78, 5) is 0. The van der Waals surface area contributed by atoms with E-state index in [-0.39, 0.29) is 0 Å². The van der Waals surface area contributed by atoms with Crippen molar-refractivity contribution in [2.45, 2.75) is 12.8 Å². The standard InChI is InChI=1S/C15H14O3/c16-13-4-2-1-3-12(13)7-5-11-6-8-14-15(9-11)18-10-17-14/h1-4,6,8-9,16H,5,7,10H2. The lowest BCUT2D eigenvalue weighted by Crippen LogP contribution is -1.93. The number of hydrogen-bond acceptors (Lipinski definition) is 3. The van der Waals surface area contributed by atoms with Crippen LogP contribution in [0.15, 0.2) is 42.5 Å². The number of para-hydroxylation sites is 1. The molecule has 0 atom stereocenters. The van der Waals surface area contributed by atoms with Crippen molar-refractivity contribution in [2.24, 2.45) is 0 Å². The number of aryl methyl sites for hydroxylation is 2. The first-order valence-corrected chi connectivity index (χ1v) is 5.98. The Balaban J connectivity index is 1.72. The number of phenols is 1. The minimum atomic E-state index is 0.304. The molecule has 0 bridgehead atoms. The number of hydrogen-bond donors (Lipinski definition) is 1. The molecule has 0 radical (unpaired) electrons. The first kappa shape index (κ1) is 11.0. The van der Waals surface area contributed by atoms with Crippen molar-refractivity contribution in [3.05, 3.63) is 53.6 Å². The molecule has 0 amide bonds. The third-order valence-electron chi connectivity index (χ3n) is 3.11. The Morgan fingerprint density at radius 3 is 2.67 bits per heavy atom. The monoisotopic (exact) mass is 242 g/mol. The first-order chi connectivity index (χ1) is 8.83. The predicted molar refractivity (Wildman–Crippen MR) is 68.1 cm³/mol. The molecule has 0 saturated heterocycles. The van der Waals surface area contributed by atoms with Crippen LogP contribution in [0.1, 0.15) is 11.1 Å². The zero-order chi connectivity index (χ0) is 12.4. The van der Waals surface area contributed by atoms with Crippen LogP contribution in [0.3, 0.4) is 0 Å². The Hall–Kier alpha value is -2.16. The fourth-order valence-electron chi connectivity index (χ4n) is 2.10. The van der Waals surface area contributed by atoms with Crippen molar-refractivity contribution >= 4 is 0 Å². The zero-order valence-corrected chi connectivity index (χ0v) is 9.93. The van der Waals surface area contributed by atoms with Gasteiger partial charge < -0.3 is 14.6 Å². The molecule has 92 valence electrons. The predicted octanol–water partition coefficient (Wildman–Crippen LogP) is 2.91. The molecule has 3 rings (SSSR count). The maximum Gasteiger partial charge on any atom is 0.231 e. The SMILES string of the molecule is Oc1ccccc1CCc1ccc2c(c1)OCO2. The zero-order valence-electron chi connectivity index (χ0n) is 9.93. The maximum absolute atomic E-state index is 9.70.